The van der Waals surface area contributed by atoms with E-state index in [9.17, 15) is 13.5 Å². The van der Waals surface area contributed by atoms with Gasteiger partial charge in [-0.05, 0) is 25.2 Å². The van der Waals surface area contributed by atoms with E-state index in [1.54, 1.807) is 0 Å². The first-order valence-electron chi connectivity index (χ1n) is 5.92. The molecular weight excluding hydrogens is 228 g/mol. The van der Waals surface area contributed by atoms with E-state index in [4.69, 9.17) is 0 Å². The van der Waals surface area contributed by atoms with Crippen LogP contribution in [0.5, 0.6) is 0 Å². The first-order chi connectivity index (χ1) is 7.49. The van der Waals surface area contributed by atoms with Crippen molar-refractivity contribution >= 4 is 10.2 Å². The zero-order valence-corrected chi connectivity index (χ0v) is 10.8. The summed E-state index contributed by atoms with van der Waals surface area (Å²) >= 11 is 0. The number of aliphatic hydroxyl groups is 1. The minimum atomic E-state index is -3.33. The molecule has 2 unspecified atom stereocenters. The van der Waals surface area contributed by atoms with E-state index < -0.39 is 10.2 Å². The van der Waals surface area contributed by atoms with Crippen molar-refractivity contribution in [1.29, 1.82) is 0 Å². The van der Waals surface area contributed by atoms with Crippen LogP contribution in [0.25, 0.3) is 0 Å². The van der Waals surface area contributed by atoms with Crippen LogP contribution in [-0.4, -0.2) is 43.6 Å². The van der Waals surface area contributed by atoms with Crippen LogP contribution in [0.15, 0.2) is 0 Å². The second kappa shape index (κ2) is 5.95. The molecule has 0 bridgehead atoms. The van der Waals surface area contributed by atoms with Gasteiger partial charge in [-0.15, -0.1) is 0 Å². The molecule has 0 amide bonds. The number of nitrogens with one attached hydrogen (secondary N) is 1. The third kappa shape index (κ3) is 3.69. The summed E-state index contributed by atoms with van der Waals surface area (Å²) in [6.07, 6.45) is 2.16. The minimum absolute atomic E-state index is 0.247. The van der Waals surface area contributed by atoms with Gasteiger partial charge in [0.05, 0.1) is 6.10 Å². The largest absolute Gasteiger partial charge is 0.393 e. The fraction of sp³-hybridized carbons (Fsp3) is 1.00. The van der Waals surface area contributed by atoms with Gasteiger partial charge in [-0.3, -0.25) is 0 Å². The second-order valence-corrected chi connectivity index (χ2v) is 6.03. The number of rotatable bonds is 6. The van der Waals surface area contributed by atoms with E-state index in [-0.39, 0.29) is 12.0 Å². The van der Waals surface area contributed by atoms with Gasteiger partial charge in [-0.25, -0.2) is 4.72 Å². The molecule has 5 nitrogen and oxygen atoms in total. The minimum Gasteiger partial charge on any atom is -0.393 e. The Morgan fingerprint density at radius 1 is 1.31 bits per heavy atom. The number of hydrogen-bond donors (Lipinski definition) is 2. The maximum atomic E-state index is 11.8. The number of aliphatic hydroxyl groups excluding tert-OH is 1. The monoisotopic (exact) mass is 250 g/mol. The maximum Gasteiger partial charge on any atom is 0.279 e. The van der Waals surface area contributed by atoms with Crippen molar-refractivity contribution in [1.82, 2.24) is 9.03 Å². The molecule has 16 heavy (non-hydrogen) atoms. The zero-order chi connectivity index (χ0) is 12.2. The number of nitrogens with zero attached hydrogens (tertiary/aromatic N) is 1. The second-order valence-electron chi connectivity index (χ2n) is 4.27. The molecule has 1 aliphatic carbocycles. The van der Waals surface area contributed by atoms with Crippen LogP contribution < -0.4 is 4.72 Å². The summed E-state index contributed by atoms with van der Waals surface area (Å²) in [5.74, 6) is 0.278. The van der Waals surface area contributed by atoms with Gasteiger partial charge in [0, 0.05) is 19.6 Å². The Morgan fingerprint density at radius 3 is 2.38 bits per heavy atom. The van der Waals surface area contributed by atoms with Crippen LogP contribution in [0.3, 0.4) is 0 Å². The van der Waals surface area contributed by atoms with E-state index in [1.165, 1.54) is 4.31 Å². The Balaban J connectivity index is 2.41. The molecule has 0 saturated heterocycles. The predicted molar refractivity (Wildman–Crippen MR) is 63.2 cm³/mol. The van der Waals surface area contributed by atoms with Gasteiger partial charge in [-0.1, -0.05) is 13.8 Å². The van der Waals surface area contributed by atoms with Crippen LogP contribution in [0.1, 0.15) is 33.1 Å². The molecule has 1 fully saturated rings. The highest BCUT2D eigenvalue weighted by molar-refractivity contribution is 7.87. The summed E-state index contributed by atoms with van der Waals surface area (Å²) in [6.45, 7) is 5.05. The molecule has 0 aromatic rings. The molecule has 0 aromatic carbocycles. The third-order valence-corrected chi connectivity index (χ3v) is 4.84. The molecule has 1 saturated carbocycles. The van der Waals surface area contributed by atoms with Gasteiger partial charge >= 0.3 is 0 Å². The Bertz CT molecular complexity index is 301. The first-order valence-corrected chi connectivity index (χ1v) is 7.36. The van der Waals surface area contributed by atoms with E-state index in [2.05, 4.69) is 4.72 Å². The fourth-order valence-electron chi connectivity index (χ4n) is 2.11. The van der Waals surface area contributed by atoms with Crippen molar-refractivity contribution in [3.63, 3.8) is 0 Å². The van der Waals surface area contributed by atoms with Gasteiger partial charge < -0.3 is 5.11 Å². The molecule has 0 radical (unpaired) electrons. The van der Waals surface area contributed by atoms with Gasteiger partial charge in [0.2, 0.25) is 0 Å². The average molecular weight is 250 g/mol. The molecule has 96 valence electrons. The Kier molecular flexibility index (Phi) is 5.17. The lowest BCUT2D eigenvalue weighted by atomic mass is 10.1. The molecule has 2 N–H and O–H groups in total. The van der Waals surface area contributed by atoms with E-state index in [1.807, 2.05) is 13.8 Å². The summed E-state index contributed by atoms with van der Waals surface area (Å²) in [5, 5.41) is 9.34. The maximum absolute atomic E-state index is 11.8. The standard InChI is InChI=1S/C10H22N2O3S/c1-3-12(4-2)16(14,15)11-8-9-5-6-10(13)7-9/h9-11,13H,3-8H2,1-2H3. The topological polar surface area (TPSA) is 69.6 Å². The van der Waals surface area contributed by atoms with Gasteiger partial charge in [-0.2, -0.15) is 12.7 Å². The van der Waals surface area contributed by atoms with Crippen molar-refractivity contribution in [2.24, 2.45) is 5.92 Å². The SMILES string of the molecule is CCN(CC)S(=O)(=O)NCC1CCC(O)C1. The predicted octanol–water partition coefficient (Wildman–Crippen LogP) is 0.324. The highest BCUT2D eigenvalue weighted by atomic mass is 32.2. The van der Waals surface area contributed by atoms with Gasteiger partial charge in [0.25, 0.3) is 10.2 Å². The molecule has 2 atom stereocenters. The first kappa shape index (κ1) is 13.9. The number of hydrogen-bond acceptors (Lipinski definition) is 3. The van der Waals surface area contributed by atoms with Gasteiger partial charge in [0.1, 0.15) is 0 Å². The van der Waals surface area contributed by atoms with Crippen molar-refractivity contribution in [2.45, 2.75) is 39.2 Å². The molecule has 0 spiro atoms. The summed E-state index contributed by atoms with van der Waals surface area (Å²) < 4.78 is 27.6. The lowest BCUT2D eigenvalue weighted by Gasteiger charge is -2.20. The van der Waals surface area contributed by atoms with Crippen LogP contribution in [-0.2, 0) is 10.2 Å². The summed E-state index contributed by atoms with van der Waals surface area (Å²) in [5.41, 5.74) is 0. The Labute approximate surface area is 98.0 Å². The van der Waals surface area contributed by atoms with Gasteiger partial charge in [0.15, 0.2) is 0 Å². The van der Waals surface area contributed by atoms with Crippen LogP contribution in [0.2, 0.25) is 0 Å². The van der Waals surface area contributed by atoms with Crippen LogP contribution in [0, 0.1) is 5.92 Å². The summed E-state index contributed by atoms with van der Waals surface area (Å²) in [6, 6.07) is 0. The van der Waals surface area contributed by atoms with Crippen molar-refractivity contribution in [3.05, 3.63) is 0 Å². The van der Waals surface area contributed by atoms with E-state index in [0.717, 1.165) is 12.8 Å². The highest BCUT2D eigenvalue weighted by Crippen LogP contribution is 2.24. The van der Waals surface area contributed by atoms with Crippen molar-refractivity contribution in [2.75, 3.05) is 19.6 Å². The zero-order valence-electron chi connectivity index (χ0n) is 10.0. The Hall–Kier alpha value is -0.170. The summed E-state index contributed by atoms with van der Waals surface area (Å²) in [4.78, 5) is 0. The molecule has 6 heteroatoms. The lowest BCUT2D eigenvalue weighted by Crippen LogP contribution is -2.42. The molecule has 0 heterocycles. The third-order valence-electron chi connectivity index (χ3n) is 3.11. The molecule has 0 aromatic heterocycles. The van der Waals surface area contributed by atoms with Crippen LogP contribution >= 0.6 is 0 Å². The fourth-order valence-corrected chi connectivity index (χ4v) is 3.42. The molecule has 1 rings (SSSR count). The van der Waals surface area contributed by atoms with Crippen molar-refractivity contribution in [3.8, 4) is 0 Å². The Morgan fingerprint density at radius 2 is 1.94 bits per heavy atom. The summed E-state index contributed by atoms with van der Waals surface area (Å²) in [7, 11) is -3.33. The van der Waals surface area contributed by atoms with Crippen molar-refractivity contribution < 1.29 is 13.5 Å². The van der Waals surface area contributed by atoms with Crippen LogP contribution in [0.4, 0.5) is 0 Å². The molecule has 0 aliphatic heterocycles. The molecular formula is C10H22N2O3S. The van der Waals surface area contributed by atoms with E-state index in [0.29, 0.717) is 26.1 Å². The highest BCUT2D eigenvalue weighted by Gasteiger charge is 2.25. The quantitative estimate of drug-likeness (QED) is 0.713. The molecule has 1 aliphatic rings. The average Bonchev–Trinajstić information content (AvgIpc) is 2.63. The normalized spacial score (nSPS) is 26.5. The van der Waals surface area contributed by atoms with E-state index >= 15 is 0 Å². The lowest BCUT2D eigenvalue weighted by molar-refractivity contribution is 0.178. The smallest absolute Gasteiger partial charge is 0.279 e.